The maximum atomic E-state index is 11.0. The normalized spacial score (nSPS) is 17.6. The van der Waals surface area contributed by atoms with Crippen molar-refractivity contribution in [3.8, 4) is 0 Å². The van der Waals surface area contributed by atoms with Gasteiger partial charge < -0.3 is 10.8 Å². The second-order valence-corrected chi connectivity index (χ2v) is 5.28. The number of carbonyl (C=O) groups is 1. The first-order valence-corrected chi connectivity index (χ1v) is 6.47. The van der Waals surface area contributed by atoms with Crippen molar-refractivity contribution in [2.45, 2.75) is 44.6 Å². The fourth-order valence-corrected chi connectivity index (χ4v) is 3.30. The highest BCUT2D eigenvalue weighted by Gasteiger charge is 2.23. The fraction of sp³-hybridized carbons (Fsp3) is 0.636. The van der Waals surface area contributed by atoms with Crippen molar-refractivity contribution in [3.05, 3.63) is 15.6 Å². The highest BCUT2D eigenvalue weighted by Crippen LogP contribution is 2.35. The molecular formula is C11H16N2O2S. The molecule has 2 rings (SSSR count). The molecule has 0 amide bonds. The van der Waals surface area contributed by atoms with Crippen molar-refractivity contribution in [2.75, 3.05) is 0 Å². The van der Waals surface area contributed by atoms with E-state index in [4.69, 9.17) is 10.8 Å². The van der Waals surface area contributed by atoms with Gasteiger partial charge in [-0.25, -0.2) is 9.78 Å². The first kappa shape index (κ1) is 11.5. The van der Waals surface area contributed by atoms with Crippen LogP contribution < -0.4 is 5.73 Å². The van der Waals surface area contributed by atoms with Crippen molar-refractivity contribution < 1.29 is 9.90 Å². The van der Waals surface area contributed by atoms with Gasteiger partial charge >= 0.3 is 5.97 Å². The Morgan fingerprint density at radius 2 is 2.12 bits per heavy atom. The minimum Gasteiger partial charge on any atom is -0.476 e. The summed E-state index contributed by atoms with van der Waals surface area (Å²) in [6.07, 6.45) is 6.01. The molecule has 1 heterocycles. The second kappa shape index (κ2) is 4.93. The lowest BCUT2D eigenvalue weighted by atomic mass is 9.90. The van der Waals surface area contributed by atoms with Crippen LogP contribution in [0.25, 0.3) is 0 Å². The number of nitrogens with zero attached hydrogens (tertiary/aromatic N) is 1. The predicted molar refractivity (Wildman–Crippen MR) is 62.8 cm³/mol. The van der Waals surface area contributed by atoms with Gasteiger partial charge in [-0.05, 0) is 12.8 Å². The number of thiazole rings is 1. The third-order valence-corrected chi connectivity index (χ3v) is 4.30. The Bertz CT molecular complexity index is 383. The SMILES string of the molecule is NCc1sc(C2CCCCC2)nc1C(=O)O. The van der Waals surface area contributed by atoms with Crippen LogP contribution in [0.3, 0.4) is 0 Å². The molecule has 0 aromatic carbocycles. The van der Waals surface area contributed by atoms with E-state index in [0.717, 1.165) is 17.8 Å². The largest absolute Gasteiger partial charge is 0.476 e. The zero-order valence-electron chi connectivity index (χ0n) is 9.11. The molecule has 1 aromatic heterocycles. The van der Waals surface area contributed by atoms with Gasteiger partial charge in [0.1, 0.15) is 0 Å². The maximum absolute atomic E-state index is 11.0. The topological polar surface area (TPSA) is 76.2 Å². The van der Waals surface area contributed by atoms with Crippen LogP contribution in [-0.2, 0) is 6.54 Å². The quantitative estimate of drug-likeness (QED) is 0.850. The Kier molecular flexibility index (Phi) is 3.56. The van der Waals surface area contributed by atoms with Crippen molar-refractivity contribution >= 4 is 17.3 Å². The van der Waals surface area contributed by atoms with Gasteiger partial charge in [-0.3, -0.25) is 0 Å². The Morgan fingerprint density at radius 1 is 1.44 bits per heavy atom. The molecule has 5 heteroatoms. The maximum Gasteiger partial charge on any atom is 0.355 e. The summed E-state index contributed by atoms with van der Waals surface area (Å²) in [4.78, 5) is 15.9. The molecule has 4 nitrogen and oxygen atoms in total. The lowest BCUT2D eigenvalue weighted by Gasteiger charge is -2.18. The van der Waals surface area contributed by atoms with Crippen LogP contribution in [0.4, 0.5) is 0 Å². The summed E-state index contributed by atoms with van der Waals surface area (Å²) >= 11 is 1.48. The first-order chi connectivity index (χ1) is 7.72. The van der Waals surface area contributed by atoms with E-state index in [2.05, 4.69) is 4.98 Å². The number of carboxylic acids is 1. The third-order valence-electron chi connectivity index (χ3n) is 3.06. The van der Waals surface area contributed by atoms with Crippen molar-refractivity contribution in [1.82, 2.24) is 4.98 Å². The van der Waals surface area contributed by atoms with Crippen LogP contribution in [0.2, 0.25) is 0 Å². The van der Waals surface area contributed by atoms with Crippen molar-refractivity contribution in [2.24, 2.45) is 5.73 Å². The smallest absolute Gasteiger partial charge is 0.355 e. The Labute approximate surface area is 98.5 Å². The summed E-state index contributed by atoms with van der Waals surface area (Å²) in [5.41, 5.74) is 5.70. The molecule has 0 unspecified atom stereocenters. The van der Waals surface area contributed by atoms with Gasteiger partial charge in [0.25, 0.3) is 0 Å². The highest BCUT2D eigenvalue weighted by atomic mass is 32.1. The Balaban J connectivity index is 2.24. The standard InChI is InChI=1S/C11H16N2O2S/c12-6-8-9(11(14)15)13-10(16-8)7-4-2-1-3-5-7/h7H,1-6,12H2,(H,14,15). The van der Waals surface area contributed by atoms with E-state index in [1.54, 1.807) is 0 Å². The Hall–Kier alpha value is -0.940. The van der Waals surface area contributed by atoms with E-state index in [-0.39, 0.29) is 12.2 Å². The number of aromatic carboxylic acids is 1. The van der Waals surface area contributed by atoms with E-state index >= 15 is 0 Å². The Morgan fingerprint density at radius 3 is 2.62 bits per heavy atom. The molecule has 0 saturated heterocycles. The van der Waals surface area contributed by atoms with E-state index in [0.29, 0.717) is 10.8 Å². The van der Waals surface area contributed by atoms with Gasteiger partial charge in [0, 0.05) is 12.5 Å². The summed E-state index contributed by atoms with van der Waals surface area (Å²) in [6.45, 7) is 0.270. The monoisotopic (exact) mass is 240 g/mol. The fourth-order valence-electron chi connectivity index (χ4n) is 2.20. The summed E-state index contributed by atoms with van der Waals surface area (Å²) in [5, 5.41) is 9.97. The van der Waals surface area contributed by atoms with Gasteiger partial charge in [0.15, 0.2) is 5.69 Å². The van der Waals surface area contributed by atoms with Crippen LogP contribution in [0.15, 0.2) is 0 Å². The van der Waals surface area contributed by atoms with Crippen molar-refractivity contribution in [3.63, 3.8) is 0 Å². The van der Waals surface area contributed by atoms with Gasteiger partial charge in [-0.15, -0.1) is 11.3 Å². The molecule has 1 fully saturated rings. The number of hydrogen-bond acceptors (Lipinski definition) is 4. The molecule has 16 heavy (non-hydrogen) atoms. The number of carboxylic acid groups (broad SMARTS) is 1. The second-order valence-electron chi connectivity index (χ2n) is 4.17. The average Bonchev–Trinajstić information content (AvgIpc) is 2.74. The summed E-state index contributed by atoms with van der Waals surface area (Å²) in [5.74, 6) is -0.504. The van der Waals surface area contributed by atoms with Gasteiger partial charge in [0.2, 0.25) is 0 Å². The van der Waals surface area contributed by atoms with Crippen LogP contribution >= 0.6 is 11.3 Å². The van der Waals surface area contributed by atoms with Gasteiger partial charge in [-0.1, -0.05) is 19.3 Å². The lowest BCUT2D eigenvalue weighted by Crippen LogP contribution is -2.06. The first-order valence-electron chi connectivity index (χ1n) is 5.65. The lowest BCUT2D eigenvalue weighted by molar-refractivity contribution is 0.0690. The zero-order valence-corrected chi connectivity index (χ0v) is 9.92. The molecule has 0 bridgehead atoms. The van der Waals surface area contributed by atoms with Gasteiger partial charge in [-0.2, -0.15) is 0 Å². The number of hydrogen-bond donors (Lipinski definition) is 2. The number of aromatic nitrogens is 1. The van der Waals surface area contributed by atoms with E-state index < -0.39 is 5.97 Å². The van der Waals surface area contributed by atoms with E-state index in [1.807, 2.05) is 0 Å². The molecule has 0 aliphatic heterocycles. The highest BCUT2D eigenvalue weighted by molar-refractivity contribution is 7.12. The molecule has 1 aromatic rings. The molecular weight excluding hydrogens is 224 g/mol. The number of nitrogens with two attached hydrogens (primary N) is 1. The zero-order chi connectivity index (χ0) is 11.5. The molecule has 1 saturated carbocycles. The minimum absolute atomic E-state index is 0.160. The molecule has 0 spiro atoms. The molecule has 0 radical (unpaired) electrons. The van der Waals surface area contributed by atoms with Crippen molar-refractivity contribution in [1.29, 1.82) is 0 Å². The third kappa shape index (κ3) is 2.25. The van der Waals surface area contributed by atoms with Crippen LogP contribution in [0.1, 0.15) is 58.4 Å². The molecule has 0 atom stereocenters. The van der Waals surface area contributed by atoms with Crippen LogP contribution in [-0.4, -0.2) is 16.1 Å². The van der Waals surface area contributed by atoms with Gasteiger partial charge in [0.05, 0.1) is 9.88 Å². The average molecular weight is 240 g/mol. The minimum atomic E-state index is -0.959. The van der Waals surface area contributed by atoms with E-state index in [9.17, 15) is 4.79 Å². The number of rotatable bonds is 3. The summed E-state index contributed by atoms with van der Waals surface area (Å²) < 4.78 is 0. The molecule has 88 valence electrons. The van der Waals surface area contributed by atoms with Crippen LogP contribution in [0, 0.1) is 0 Å². The van der Waals surface area contributed by atoms with Crippen LogP contribution in [0.5, 0.6) is 0 Å². The molecule has 3 N–H and O–H groups in total. The summed E-state index contributed by atoms with van der Waals surface area (Å²) in [6, 6.07) is 0. The van der Waals surface area contributed by atoms with E-state index in [1.165, 1.54) is 30.6 Å². The molecule has 1 aliphatic carbocycles. The predicted octanol–water partition coefficient (Wildman–Crippen LogP) is 2.35. The summed E-state index contributed by atoms with van der Waals surface area (Å²) in [7, 11) is 0. The molecule has 1 aliphatic rings.